The Kier molecular flexibility index (Phi) is 2.12. The fourth-order valence-corrected chi connectivity index (χ4v) is 4.50. The van der Waals surface area contributed by atoms with Gasteiger partial charge >= 0.3 is 0 Å². The maximum atomic E-state index is 2.46. The highest BCUT2D eigenvalue weighted by molar-refractivity contribution is 5.80. The Balaban J connectivity index is 2.30. The van der Waals surface area contributed by atoms with E-state index in [-0.39, 0.29) is 0 Å². The molecular weight excluding hydrogens is 204 g/mol. The van der Waals surface area contributed by atoms with E-state index >= 15 is 0 Å². The molecule has 0 aliphatic heterocycles. The Morgan fingerprint density at radius 2 is 1.71 bits per heavy atom. The number of fused-ring (bicyclic) bond motifs is 3. The molecule has 1 aromatic rings. The summed E-state index contributed by atoms with van der Waals surface area (Å²) < 4.78 is 0. The zero-order valence-corrected chi connectivity index (χ0v) is 11.4. The number of rotatable bonds is 0. The number of hydrogen-bond acceptors (Lipinski definition) is 0. The Bertz CT molecular complexity index is 505. The average Bonchev–Trinajstić information content (AvgIpc) is 2.50. The van der Waals surface area contributed by atoms with E-state index in [9.17, 15) is 0 Å². The van der Waals surface area contributed by atoms with Gasteiger partial charge in [-0.1, -0.05) is 57.0 Å². The van der Waals surface area contributed by atoms with E-state index in [2.05, 4.69) is 52.0 Å². The maximum Gasteiger partial charge on any atom is 0.0151 e. The van der Waals surface area contributed by atoms with E-state index in [1.54, 1.807) is 16.7 Å². The second kappa shape index (κ2) is 3.25. The van der Waals surface area contributed by atoms with Crippen LogP contribution in [0, 0.1) is 5.41 Å². The van der Waals surface area contributed by atoms with E-state index in [0.29, 0.717) is 10.8 Å². The van der Waals surface area contributed by atoms with Crippen LogP contribution in [0.4, 0.5) is 0 Å². The standard InChI is InChI=1S/C17H22/c1-12-13-8-5-6-9-14(13)17(4)11-7-10-16(2,3)15(12)17/h5-6,8-9H,7,10-11H2,1-4H3. The predicted octanol–water partition coefficient (Wildman–Crippen LogP) is 4.94. The topological polar surface area (TPSA) is 0 Å². The van der Waals surface area contributed by atoms with Crippen LogP contribution in [-0.4, -0.2) is 0 Å². The molecule has 2 aliphatic carbocycles. The van der Waals surface area contributed by atoms with Gasteiger partial charge in [-0.3, -0.25) is 0 Å². The van der Waals surface area contributed by atoms with Crippen molar-refractivity contribution >= 4 is 5.57 Å². The molecule has 17 heavy (non-hydrogen) atoms. The predicted molar refractivity (Wildman–Crippen MR) is 74.0 cm³/mol. The summed E-state index contributed by atoms with van der Waals surface area (Å²) in [6, 6.07) is 9.02. The van der Waals surface area contributed by atoms with Gasteiger partial charge in [-0.25, -0.2) is 0 Å². The Labute approximate surface area is 105 Å². The lowest BCUT2D eigenvalue weighted by molar-refractivity contribution is 0.265. The fraction of sp³-hybridized carbons (Fsp3) is 0.529. The van der Waals surface area contributed by atoms with Crippen molar-refractivity contribution in [3.8, 4) is 0 Å². The summed E-state index contributed by atoms with van der Waals surface area (Å²) in [5.41, 5.74) is 7.00. The highest BCUT2D eigenvalue weighted by atomic mass is 14.5. The van der Waals surface area contributed by atoms with E-state index in [4.69, 9.17) is 0 Å². The third-order valence-corrected chi connectivity index (χ3v) is 5.01. The van der Waals surface area contributed by atoms with Gasteiger partial charge in [0.1, 0.15) is 0 Å². The largest absolute Gasteiger partial charge is 0.0619 e. The Hall–Kier alpha value is -1.04. The van der Waals surface area contributed by atoms with Crippen LogP contribution in [0.5, 0.6) is 0 Å². The van der Waals surface area contributed by atoms with Gasteiger partial charge in [0.2, 0.25) is 0 Å². The first-order chi connectivity index (χ1) is 7.97. The van der Waals surface area contributed by atoms with E-state index in [1.807, 2.05) is 0 Å². The minimum absolute atomic E-state index is 0.308. The molecule has 1 fully saturated rings. The second-order valence-electron chi connectivity index (χ2n) is 6.62. The molecule has 90 valence electrons. The molecule has 3 rings (SSSR count). The van der Waals surface area contributed by atoms with Crippen molar-refractivity contribution in [1.29, 1.82) is 0 Å². The van der Waals surface area contributed by atoms with Gasteiger partial charge in [0.25, 0.3) is 0 Å². The van der Waals surface area contributed by atoms with E-state index < -0.39 is 0 Å². The maximum absolute atomic E-state index is 2.46. The van der Waals surface area contributed by atoms with Crippen LogP contribution in [0.15, 0.2) is 29.8 Å². The molecule has 0 N–H and O–H groups in total. The zero-order valence-electron chi connectivity index (χ0n) is 11.4. The fourth-order valence-electron chi connectivity index (χ4n) is 4.50. The van der Waals surface area contributed by atoms with Gasteiger partial charge in [-0.2, -0.15) is 0 Å². The highest BCUT2D eigenvalue weighted by Crippen LogP contribution is 2.59. The Morgan fingerprint density at radius 3 is 2.47 bits per heavy atom. The molecule has 0 nitrogen and oxygen atoms in total. The minimum atomic E-state index is 0.308. The first-order valence-corrected chi connectivity index (χ1v) is 6.78. The quantitative estimate of drug-likeness (QED) is 0.587. The third-order valence-electron chi connectivity index (χ3n) is 5.01. The highest BCUT2D eigenvalue weighted by Gasteiger charge is 2.48. The van der Waals surface area contributed by atoms with Crippen LogP contribution < -0.4 is 0 Å². The van der Waals surface area contributed by atoms with Gasteiger partial charge in [0.05, 0.1) is 0 Å². The molecule has 0 spiro atoms. The van der Waals surface area contributed by atoms with Gasteiger partial charge in [-0.15, -0.1) is 0 Å². The van der Waals surface area contributed by atoms with Crippen LogP contribution in [0.1, 0.15) is 58.1 Å². The minimum Gasteiger partial charge on any atom is -0.0619 e. The number of benzene rings is 1. The molecule has 0 heteroatoms. The van der Waals surface area contributed by atoms with Crippen molar-refractivity contribution in [2.75, 3.05) is 0 Å². The summed E-state index contributed by atoms with van der Waals surface area (Å²) in [5, 5.41) is 0. The summed E-state index contributed by atoms with van der Waals surface area (Å²) in [5.74, 6) is 0. The molecule has 1 aromatic carbocycles. The smallest absolute Gasteiger partial charge is 0.0151 e. The molecule has 0 bridgehead atoms. The van der Waals surface area contributed by atoms with Crippen LogP contribution in [0.25, 0.3) is 5.57 Å². The normalized spacial score (nSPS) is 30.1. The Morgan fingerprint density at radius 1 is 1.00 bits per heavy atom. The molecule has 1 unspecified atom stereocenters. The first-order valence-electron chi connectivity index (χ1n) is 6.78. The molecule has 0 radical (unpaired) electrons. The van der Waals surface area contributed by atoms with Crippen molar-refractivity contribution in [2.24, 2.45) is 5.41 Å². The summed E-state index contributed by atoms with van der Waals surface area (Å²) in [6.45, 7) is 9.63. The number of allylic oxidation sites excluding steroid dienone is 2. The summed E-state index contributed by atoms with van der Waals surface area (Å²) in [4.78, 5) is 0. The first kappa shape index (κ1) is 11.1. The third kappa shape index (κ3) is 1.30. The summed E-state index contributed by atoms with van der Waals surface area (Å²) in [7, 11) is 0. The van der Waals surface area contributed by atoms with E-state index in [1.165, 1.54) is 24.8 Å². The molecule has 1 saturated carbocycles. The van der Waals surface area contributed by atoms with Crippen molar-refractivity contribution < 1.29 is 0 Å². The van der Waals surface area contributed by atoms with Gasteiger partial charge in [-0.05, 0) is 41.9 Å². The second-order valence-corrected chi connectivity index (χ2v) is 6.62. The lowest BCUT2D eigenvalue weighted by Gasteiger charge is -2.44. The number of hydrogen-bond donors (Lipinski definition) is 0. The van der Waals surface area contributed by atoms with Gasteiger partial charge < -0.3 is 0 Å². The van der Waals surface area contributed by atoms with Crippen molar-refractivity contribution in [1.82, 2.24) is 0 Å². The van der Waals surface area contributed by atoms with Crippen LogP contribution in [-0.2, 0) is 5.41 Å². The zero-order chi connectivity index (χ0) is 12.3. The average molecular weight is 226 g/mol. The lowest BCUT2D eigenvalue weighted by Crippen LogP contribution is -2.35. The van der Waals surface area contributed by atoms with Crippen LogP contribution >= 0.6 is 0 Å². The molecule has 0 aromatic heterocycles. The lowest BCUT2D eigenvalue weighted by atomic mass is 9.60. The molecule has 0 saturated heterocycles. The monoisotopic (exact) mass is 226 g/mol. The summed E-state index contributed by atoms with van der Waals surface area (Å²) >= 11 is 0. The van der Waals surface area contributed by atoms with Crippen LogP contribution in [0.3, 0.4) is 0 Å². The molecule has 0 heterocycles. The van der Waals surface area contributed by atoms with Crippen LogP contribution in [0.2, 0.25) is 0 Å². The van der Waals surface area contributed by atoms with Crippen molar-refractivity contribution in [3.05, 3.63) is 41.0 Å². The molecule has 0 amide bonds. The van der Waals surface area contributed by atoms with Gasteiger partial charge in [0.15, 0.2) is 0 Å². The van der Waals surface area contributed by atoms with Gasteiger partial charge in [0, 0.05) is 5.41 Å². The van der Waals surface area contributed by atoms with Crippen molar-refractivity contribution in [2.45, 2.75) is 52.4 Å². The molecular formula is C17H22. The molecule has 1 atom stereocenters. The SMILES string of the molecule is CC1=C2C(C)(C)CCCC2(C)c2ccccc21. The molecule has 2 aliphatic rings. The van der Waals surface area contributed by atoms with E-state index in [0.717, 1.165) is 0 Å². The van der Waals surface area contributed by atoms with Crippen molar-refractivity contribution in [3.63, 3.8) is 0 Å². The summed E-state index contributed by atoms with van der Waals surface area (Å²) in [6.07, 6.45) is 4.01.